The van der Waals surface area contributed by atoms with Crippen molar-refractivity contribution in [2.45, 2.75) is 44.7 Å². The van der Waals surface area contributed by atoms with Gasteiger partial charge in [-0.1, -0.05) is 12.2 Å². The van der Waals surface area contributed by atoms with Crippen LogP contribution in [0.15, 0.2) is 0 Å². The quantitative estimate of drug-likeness (QED) is 0.737. The lowest BCUT2D eigenvalue weighted by atomic mass is 10.2. The van der Waals surface area contributed by atoms with Gasteiger partial charge in [0.1, 0.15) is 0 Å². The summed E-state index contributed by atoms with van der Waals surface area (Å²) in [5, 5.41) is 0. The second-order valence-corrected chi connectivity index (χ2v) is 5.41. The smallest absolute Gasteiger partial charge is 0.237 e. The molecule has 96 valence electrons. The van der Waals surface area contributed by atoms with E-state index in [0.717, 1.165) is 38.8 Å². The Kier molecular flexibility index (Phi) is 3.99. The van der Waals surface area contributed by atoms with E-state index in [1.807, 2.05) is 11.8 Å². The van der Waals surface area contributed by atoms with Crippen LogP contribution in [0.3, 0.4) is 0 Å². The van der Waals surface area contributed by atoms with Crippen LogP contribution in [0.25, 0.3) is 0 Å². The van der Waals surface area contributed by atoms with Gasteiger partial charge in [-0.3, -0.25) is 9.69 Å². The minimum absolute atomic E-state index is 0.131. The van der Waals surface area contributed by atoms with Crippen molar-refractivity contribution >= 4 is 23.1 Å². The maximum absolute atomic E-state index is 12.2. The molecule has 2 aliphatic rings. The van der Waals surface area contributed by atoms with E-state index < -0.39 is 0 Å². The number of rotatable bonds is 5. The third-order valence-corrected chi connectivity index (χ3v) is 3.95. The van der Waals surface area contributed by atoms with Crippen molar-refractivity contribution in [3.8, 4) is 0 Å². The topological polar surface area (TPSA) is 49.6 Å². The largest absolute Gasteiger partial charge is 0.392 e. The van der Waals surface area contributed by atoms with Crippen molar-refractivity contribution in [3.05, 3.63) is 0 Å². The molecule has 5 heteroatoms. The molecule has 1 saturated carbocycles. The number of likely N-dealkylation sites (tertiary alicyclic amines) is 1. The molecule has 1 amide bonds. The molecule has 17 heavy (non-hydrogen) atoms. The summed E-state index contributed by atoms with van der Waals surface area (Å²) < 4.78 is 0. The molecule has 0 aromatic heterocycles. The second kappa shape index (κ2) is 5.31. The highest BCUT2D eigenvalue weighted by Gasteiger charge is 2.34. The van der Waals surface area contributed by atoms with E-state index in [1.54, 1.807) is 0 Å². The highest BCUT2D eigenvalue weighted by Crippen LogP contribution is 2.27. The van der Waals surface area contributed by atoms with Crippen molar-refractivity contribution in [3.63, 3.8) is 0 Å². The molecule has 2 fully saturated rings. The van der Waals surface area contributed by atoms with Gasteiger partial charge in [-0.15, -0.1) is 0 Å². The third-order valence-electron chi connectivity index (χ3n) is 3.68. The summed E-state index contributed by atoms with van der Waals surface area (Å²) >= 11 is 5.05. The lowest BCUT2D eigenvalue weighted by Crippen LogP contribution is -2.46. The average Bonchev–Trinajstić information content (AvgIpc) is 2.98. The van der Waals surface area contributed by atoms with Crippen LogP contribution in [0.5, 0.6) is 0 Å². The SMILES string of the molecule is CCN(C(=O)CN1CCCC1C(N)=S)C1CC1. The molecule has 2 N–H and O–H groups in total. The van der Waals surface area contributed by atoms with E-state index in [2.05, 4.69) is 4.90 Å². The number of nitrogens with zero attached hydrogens (tertiary/aromatic N) is 2. The number of nitrogens with two attached hydrogens (primary N) is 1. The van der Waals surface area contributed by atoms with Gasteiger partial charge in [0.15, 0.2) is 0 Å². The Morgan fingerprint density at radius 1 is 1.47 bits per heavy atom. The van der Waals surface area contributed by atoms with Crippen LogP contribution in [-0.4, -0.2) is 52.4 Å². The number of amides is 1. The Morgan fingerprint density at radius 3 is 2.71 bits per heavy atom. The van der Waals surface area contributed by atoms with Crippen LogP contribution in [-0.2, 0) is 4.79 Å². The molecule has 1 aliphatic heterocycles. The fourth-order valence-electron chi connectivity index (χ4n) is 2.63. The minimum atomic E-state index is 0.131. The van der Waals surface area contributed by atoms with Crippen molar-refractivity contribution in [2.24, 2.45) is 5.73 Å². The zero-order chi connectivity index (χ0) is 12.4. The van der Waals surface area contributed by atoms with Gasteiger partial charge in [-0.2, -0.15) is 0 Å². The third kappa shape index (κ3) is 2.96. The van der Waals surface area contributed by atoms with Gasteiger partial charge in [0.2, 0.25) is 5.91 Å². The summed E-state index contributed by atoms with van der Waals surface area (Å²) in [5.41, 5.74) is 5.71. The number of carbonyl (C=O) groups excluding carboxylic acids is 1. The van der Waals surface area contributed by atoms with Gasteiger partial charge in [-0.05, 0) is 39.2 Å². The molecule has 0 spiro atoms. The summed E-state index contributed by atoms with van der Waals surface area (Å²) in [6.45, 7) is 4.28. The highest BCUT2D eigenvalue weighted by molar-refractivity contribution is 7.80. The van der Waals surface area contributed by atoms with Crippen molar-refractivity contribution in [1.82, 2.24) is 9.80 Å². The molecule has 1 unspecified atom stereocenters. The number of hydrogen-bond donors (Lipinski definition) is 1. The molecule has 0 radical (unpaired) electrons. The van der Waals surface area contributed by atoms with Gasteiger partial charge in [-0.25, -0.2) is 0 Å². The van der Waals surface area contributed by atoms with E-state index in [-0.39, 0.29) is 11.9 Å². The van der Waals surface area contributed by atoms with E-state index in [0.29, 0.717) is 17.6 Å². The maximum Gasteiger partial charge on any atom is 0.237 e. The van der Waals surface area contributed by atoms with Crippen LogP contribution in [0.1, 0.15) is 32.6 Å². The van der Waals surface area contributed by atoms with Gasteiger partial charge < -0.3 is 10.6 Å². The summed E-state index contributed by atoms with van der Waals surface area (Å²) in [6.07, 6.45) is 4.42. The van der Waals surface area contributed by atoms with Gasteiger partial charge in [0.05, 0.1) is 17.6 Å². The molecular weight excluding hydrogens is 234 g/mol. The summed E-state index contributed by atoms with van der Waals surface area (Å²) in [4.78, 5) is 16.8. The lowest BCUT2D eigenvalue weighted by molar-refractivity contribution is -0.132. The number of thiocarbonyl (C=S) groups is 1. The zero-order valence-electron chi connectivity index (χ0n) is 10.4. The van der Waals surface area contributed by atoms with Crippen LogP contribution in [0, 0.1) is 0 Å². The molecular formula is C12H21N3OS. The first-order chi connectivity index (χ1) is 8.13. The van der Waals surface area contributed by atoms with Crippen LogP contribution in [0.4, 0.5) is 0 Å². The molecule has 1 atom stereocenters. The minimum Gasteiger partial charge on any atom is -0.392 e. The first-order valence-corrected chi connectivity index (χ1v) is 6.87. The molecule has 0 aromatic rings. The van der Waals surface area contributed by atoms with Crippen LogP contribution in [0.2, 0.25) is 0 Å². The predicted octanol–water partition coefficient (Wildman–Crippen LogP) is 0.748. The summed E-state index contributed by atoms with van der Waals surface area (Å²) in [7, 11) is 0. The van der Waals surface area contributed by atoms with E-state index >= 15 is 0 Å². The Hall–Kier alpha value is -0.680. The predicted molar refractivity (Wildman–Crippen MR) is 71.8 cm³/mol. The van der Waals surface area contributed by atoms with Crippen molar-refractivity contribution < 1.29 is 4.79 Å². The van der Waals surface area contributed by atoms with E-state index in [1.165, 1.54) is 0 Å². The average molecular weight is 255 g/mol. The van der Waals surface area contributed by atoms with Crippen LogP contribution < -0.4 is 5.73 Å². The first kappa shape index (κ1) is 12.8. The standard InChI is InChI=1S/C12H21N3OS/c1-2-15(9-5-6-9)11(16)8-14-7-3-4-10(14)12(13)17/h9-10H,2-8H2,1H3,(H2,13,17). The van der Waals surface area contributed by atoms with Gasteiger partial charge in [0, 0.05) is 12.6 Å². The number of hydrogen-bond acceptors (Lipinski definition) is 3. The fourth-order valence-corrected chi connectivity index (χ4v) is 2.89. The highest BCUT2D eigenvalue weighted by atomic mass is 32.1. The Bertz CT molecular complexity index is 317. The molecule has 4 nitrogen and oxygen atoms in total. The molecule has 0 aromatic carbocycles. The number of carbonyl (C=O) groups is 1. The fraction of sp³-hybridized carbons (Fsp3) is 0.833. The second-order valence-electron chi connectivity index (χ2n) is 4.94. The van der Waals surface area contributed by atoms with E-state index in [9.17, 15) is 4.79 Å². The molecule has 1 saturated heterocycles. The molecule has 1 aliphatic carbocycles. The molecule has 1 heterocycles. The van der Waals surface area contributed by atoms with Crippen molar-refractivity contribution in [1.29, 1.82) is 0 Å². The Labute approximate surface area is 108 Å². The van der Waals surface area contributed by atoms with Gasteiger partial charge >= 0.3 is 0 Å². The van der Waals surface area contributed by atoms with Crippen molar-refractivity contribution in [2.75, 3.05) is 19.6 Å². The molecule has 0 bridgehead atoms. The summed E-state index contributed by atoms with van der Waals surface area (Å²) in [6, 6.07) is 0.630. The number of likely N-dealkylation sites (N-methyl/N-ethyl adjacent to an activating group) is 1. The summed E-state index contributed by atoms with van der Waals surface area (Å²) in [5.74, 6) is 0.234. The maximum atomic E-state index is 12.2. The van der Waals surface area contributed by atoms with Crippen LogP contribution >= 0.6 is 12.2 Å². The normalized spacial score (nSPS) is 24.9. The lowest BCUT2D eigenvalue weighted by Gasteiger charge is -2.27. The van der Waals surface area contributed by atoms with Gasteiger partial charge in [0.25, 0.3) is 0 Å². The first-order valence-electron chi connectivity index (χ1n) is 6.46. The van der Waals surface area contributed by atoms with E-state index in [4.69, 9.17) is 18.0 Å². The molecule has 2 rings (SSSR count). The Morgan fingerprint density at radius 2 is 2.18 bits per heavy atom. The monoisotopic (exact) mass is 255 g/mol. The Balaban J connectivity index is 1.90. The zero-order valence-corrected chi connectivity index (χ0v) is 11.2.